The first-order chi connectivity index (χ1) is 8.69. The van der Waals surface area contributed by atoms with Gasteiger partial charge in [0.1, 0.15) is 5.75 Å². The van der Waals surface area contributed by atoms with Crippen LogP contribution in [0.3, 0.4) is 0 Å². The van der Waals surface area contributed by atoms with E-state index < -0.39 is 0 Å². The minimum absolute atomic E-state index is 0.284. The number of pyridine rings is 1. The number of hydrogen-bond acceptors (Lipinski definition) is 4. The van der Waals surface area contributed by atoms with Crippen molar-refractivity contribution in [2.45, 2.75) is 33.0 Å². The topological polar surface area (TPSA) is 43.4 Å². The average molecular weight is 250 g/mol. The van der Waals surface area contributed by atoms with E-state index >= 15 is 0 Å². The summed E-state index contributed by atoms with van der Waals surface area (Å²) in [6, 6.07) is 3.86. The number of ether oxygens (including phenoxy) is 2. The first-order valence-corrected chi connectivity index (χ1v) is 6.53. The Morgan fingerprint density at radius 3 is 3.00 bits per heavy atom. The molecule has 2 unspecified atom stereocenters. The fourth-order valence-electron chi connectivity index (χ4n) is 2.27. The van der Waals surface area contributed by atoms with Gasteiger partial charge in [0.05, 0.1) is 25.5 Å². The third kappa shape index (κ3) is 3.43. The minimum atomic E-state index is 0.284. The van der Waals surface area contributed by atoms with Gasteiger partial charge in [0, 0.05) is 24.4 Å². The molecule has 0 radical (unpaired) electrons. The van der Waals surface area contributed by atoms with Crippen LogP contribution in [-0.4, -0.2) is 31.3 Å². The van der Waals surface area contributed by atoms with Gasteiger partial charge in [-0.25, -0.2) is 0 Å². The normalized spacial score (nSPS) is 23.9. The number of aromatic nitrogens is 1. The molecule has 1 aromatic rings. The van der Waals surface area contributed by atoms with Gasteiger partial charge in [-0.1, -0.05) is 6.92 Å². The van der Waals surface area contributed by atoms with Gasteiger partial charge in [0.15, 0.2) is 0 Å². The highest BCUT2D eigenvalue weighted by molar-refractivity contribution is 5.26. The predicted octanol–water partition coefficient (Wildman–Crippen LogP) is 1.91. The van der Waals surface area contributed by atoms with Crippen LogP contribution in [0.4, 0.5) is 0 Å². The van der Waals surface area contributed by atoms with Gasteiger partial charge in [0.25, 0.3) is 0 Å². The quantitative estimate of drug-likeness (QED) is 0.886. The van der Waals surface area contributed by atoms with E-state index in [2.05, 4.69) is 17.2 Å². The summed E-state index contributed by atoms with van der Waals surface area (Å²) in [5.41, 5.74) is 1.90. The Morgan fingerprint density at radius 1 is 1.44 bits per heavy atom. The van der Waals surface area contributed by atoms with Gasteiger partial charge >= 0.3 is 0 Å². The van der Waals surface area contributed by atoms with Crippen molar-refractivity contribution in [2.24, 2.45) is 5.92 Å². The summed E-state index contributed by atoms with van der Waals surface area (Å²) in [6.07, 6.45) is 1.46. The summed E-state index contributed by atoms with van der Waals surface area (Å²) in [4.78, 5) is 4.47. The zero-order valence-electron chi connectivity index (χ0n) is 11.4. The smallest absolute Gasteiger partial charge is 0.122 e. The van der Waals surface area contributed by atoms with Crippen molar-refractivity contribution in [2.75, 3.05) is 20.2 Å². The molecule has 0 spiro atoms. The second-order valence-corrected chi connectivity index (χ2v) is 4.96. The van der Waals surface area contributed by atoms with Crippen LogP contribution in [0.15, 0.2) is 12.1 Å². The van der Waals surface area contributed by atoms with Crippen LogP contribution in [0, 0.1) is 12.8 Å². The van der Waals surface area contributed by atoms with Crippen molar-refractivity contribution in [3.05, 3.63) is 23.5 Å². The Bertz CT molecular complexity index is 395. The number of rotatable bonds is 4. The average Bonchev–Trinajstić information content (AvgIpc) is 2.37. The number of nitrogens with one attached hydrogen (secondary N) is 1. The van der Waals surface area contributed by atoms with Crippen LogP contribution in [0.1, 0.15) is 24.7 Å². The fourth-order valence-corrected chi connectivity index (χ4v) is 2.27. The third-order valence-corrected chi connectivity index (χ3v) is 3.42. The van der Waals surface area contributed by atoms with Crippen molar-refractivity contribution in [3.8, 4) is 5.75 Å². The molecule has 1 saturated heterocycles. The SMILES string of the molecule is COc1cc(C)nc(COC2CNCCC2C)c1. The zero-order valence-corrected chi connectivity index (χ0v) is 11.4. The summed E-state index contributed by atoms with van der Waals surface area (Å²) in [7, 11) is 1.67. The standard InChI is InChI=1S/C14H22N2O2/c1-10-4-5-15-8-14(10)18-9-12-7-13(17-3)6-11(2)16-12/h6-7,10,14-15H,4-5,8-9H2,1-3H3. The summed E-state index contributed by atoms with van der Waals surface area (Å²) >= 11 is 0. The Kier molecular flexibility index (Phi) is 4.55. The van der Waals surface area contributed by atoms with Crippen molar-refractivity contribution >= 4 is 0 Å². The molecular formula is C14H22N2O2. The number of methoxy groups -OCH3 is 1. The Hall–Kier alpha value is -1.13. The van der Waals surface area contributed by atoms with Crippen molar-refractivity contribution in [1.82, 2.24) is 10.3 Å². The maximum atomic E-state index is 5.96. The molecule has 2 rings (SSSR count). The molecule has 0 aliphatic carbocycles. The van der Waals surface area contributed by atoms with Crippen LogP contribution >= 0.6 is 0 Å². The molecule has 0 amide bonds. The van der Waals surface area contributed by atoms with Crippen molar-refractivity contribution < 1.29 is 9.47 Å². The monoisotopic (exact) mass is 250 g/mol. The Balaban J connectivity index is 1.94. The van der Waals surface area contributed by atoms with Crippen LogP contribution in [-0.2, 0) is 11.3 Å². The first kappa shape index (κ1) is 13.3. The van der Waals surface area contributed by atoms with Gasteiger partial charge in [-0.2, -0.15) is 0 Å². The molecule has 2 heterocycles. The Labute approximate surface area is 109 Å². The summed E-state index contributed by atoms with van der Waals surface area (Å²) in [5, 5.41) is 3.37. The maximum Gasteiger partial charge on any atom is 0.122 e. The largest absolute Gasteiger partial charge is 0.497 e. The van der Waals surface area contributed by atoms with E-state index in [1.807, 2.05) is 19.1 Å². The molecule has 100 valence electrons. The molecule has 2 atom stereocenters. The van der Waals surface area contributed by atoms with E-state index in [1.165, 1.54) is 6.42 Å². The lowest BCUT2D eigenvalue weighted by Crippen LogP contribution is -2.40. The van der Waals surface area contributed by atoms with E-state index in [0.29, 0.717) is 12.5 Å². The number of aryl methyl sites for hydroxylation is 1. The molecule has 0 saturated carbocycles. The maximum absolute atomic E-state index is 5.96. The molecule has 0 aromatic carbocycles. The molecule has 1 aromatic heterocycles. The number of piperidine rings is 1. The zero-order chi connectivity index (χ0) is 13.0. The van der Waals surface area contributed by atoms with E-state index in [-0.39, 0.29) is 6.10 Å². The highest BCUT2D eigenvalue weighted by atomic mass is 16.5. The van der Waals surface area contributed by atoms with Crippen LogP contribution in [0.25, 0.3) is 0 Å². The molecule has 1 aliphatic rings. The van der Waals surface area contributed by atoms with Crippen LogP contribution in [0.2, 0.25) is 0 Å². The molecule has 0 bridgehead atoms. The molecule has 4 heteroatoms. The van der Waals surface area contributed by atoms with Crippen LogP contribution in [0.5, 0.6) is 5.75 Å². The molecular weight excluding hydrogens is 228 g/mol. The second-order valence-electron chi connectivity index (χ2n) is 4.96. The van der Waals surface area contributed by atoms with Crippen LogP contribution < -0.4 is 10.1 Å². The van der Waals surface area contributed by atoms with E-state index in [4.69, 9.17) is 9.47 Å². The lowest BCUT2D eigenvalue weighted by molar-refractivity contribution is -0.00806. The van der Waals surface area contributed by atoms with Gasteiger partial charge in [-0.15, -0.1) is 0 Å². The molecule has 1 aliphatic heterocycles. The van der Waals surface area contributed by atoms with Gasteiger partial charge < -0.3 is 14.8 Å². The minimum Gasteiger partial charge on any atom is -0.497 e. The third-order valence-electron chi connectivity index (χ3n) is 3.42. The van der Waals surface area contributed by atoms with E-state index in [0.717, 1.165) is 30.2 Å². The summed E-state index contributed by atoms with van der Waals surface area (Å²) < 4.78 is 11.2. The molecule has 4 nitrogen and oxygen atoms in total. The fraction of sp³-hybridized carbons (Fsp3) is 0.643. The van der Waals surface area contributed by atoms with E-state index in [9.17, 15) is 0 Å². The molecule has 1 N–H and O–H groups in total. The highest BCUT2D eigenvalue weighted by Gasteiger charge is 2.21. The molecule has 1 fully saturated rings. The van der Waals surface area contributed by atoms with E-state index in [1.54, 1.807) is 7.11 Å². The Morgan fingerprint density at radius 2 is 2.28 bits per heavy atom. The second kappa shape index (κ2) is 6.16. The lowest BCUT2D eigenvalue weighted by Gasteiger charge is -2.29. The number of hydrogen-bond donors (Lipinski definition) is 1. The highest BCUT2D eigenvalue weighted by Crippen LogP contribution is 2.18. The van der Waals surface area contributed by atoms with Gasteiger partial charge in [-0.05, 0) is 25.8 Å². The first-order valence-electron chi connectivity index (χ1n) is 6.53. The van der Waals surface area contributed by atoms with Gasteiger partial charge in [0.2, 0.25) is 0 Å². The summed E-state index contributed by atoms with van der Waals surface area (Å²) in [5.74, 6) is 1.45. The van der Waals surface area contributed by atoms with Crippen molar-refractivity contribution in [3.63, 3.8) is 0 Å². The predicted molar refractivity (Wildman–Crippen MR) is 70.8 cm³/mol. The summed E-state index contributed by atoms with van der Waals surface area (Å²) in [6.45, 7) is 6.79. The molecule has 18 heavy (non-hydrogen) atoms. The number of nitrogens with zero attached hydrogens (tertiary/aromatic N) is 1. The van der Waals surface area contributed by atoms with Gasteiger partial charge in [-0.3, -0.25) is 4.98 Å². The van der Waals surface area contributed by atoms with Crippen molar-refractivity contribution in [1.29, 1.82) is 0 Å². The lowest BCUT2D eigenvalue weighted by atomic mass is 9.97.